The third-order valence-electron chi connectivity index (χ3n) is 5.41. The molecular weight excluding hydrogens is 456 g/mol. The molecule has 1 aliphatic heterocycles. The van der Waals surface area contributed by atoms with Crippen molar-refractivity contribution in [1.29, 1.82) is 0 Å². The topological polar surface area (TPSA) is 101 Å². The number of carbonyl (C=O) groups is 1. The van der Waals surface area contributed by atoms with Crippen LogP contribution in [-0.2, 0) is 9.53 Å². The zero-order chi connectivity index (χ0) is 23.5. The Balaban J connectivity index is 1.38. The number of nitrogens with zero attached hydrogens (tertiary/aromatic N) is 3. The van der Waals surface area contributed by atoms with Gasteiger partial charge in [0.2, 0.25) is 0 Å². The van der Waals surface area contributed by atoms with Crippen LogP contribution < -0.4 is 9.64 Å². The number of nitrogens with one attached hydrogen (secondary N) is 1. The molecule has 0 amide bonds. The van der Waals surface area contributed by atoms with Crippen molar-refractivity contribution in [3.8, 4) is 23.0 Å². The smallest absolute Gasteiger partial charge is 0.328 e. The fourth-order valence-corrected chi connectivity index (χ4v) is 4.02. The highest BCUT2D eigenvalue weighted by Gasteiger charge is 2.15. The fraction of sp³-hybridized carbons (Fsp3) is 0.160. The van der Waals surface area contributed by atoms with Crippen LogP contribution in [0, 0.1) is 0 Å². The molecule has 9 heteroatoms. The molecule has 5 rings (SSSR count). The molecule has 8 nitrogen and oxygen atoms in total. The predicted molar refractivity (Wildman–Crippen MR) is 131 cm³/mol. The van der Waals surface area contributed by atoms with Gasteiger partial charge in [0.1, 0.15) is 5.75 Å². The van der Waals surface area contributed by atoms with Crippen LogP contribution in [0.3, 0.4) is 0 Å². The minimum atomic E-state index is -1.02. The third-order valence-corrected chi connectivity index (χ3v) is 5.70. The number of aliphatic carboxylic acids is 1. The lowest BCUT2D eigenvalue weighted by molar-refractivity contribution is -0.131. The lowest BCUT2D eigenvalue weighted by Crippen LogP contribution is -2.36. The van der Waals surface area contributed by atoms with Gasteiger partial charge in [-0.1, -0.05) is 35.9 Å². The molecule has 1 aliphatic rings. The summed E-state index contributed by atoms with van der Waals surface area (Å²) in [6, 6.07) is 17.2. The van der Waals surface area contributed by atoms with Crippen LogP contribution in [0.25, 0.3) is 28.5 Å². The van der Waals surface area contributed by atoms with Gasteiger partial charge in [0.15, 0.2) is 5.65 Å². The van der Waals surface area contributed by atoms with Crippen LogP contribution in [0.5, 0.6) is 11.8 Å². The van der Waals surface area contributed by atoms with Crippen molar-refractivity contribution in [2.45, 2.75) is 0 Å². The van der Waals surface area contributed by atoms with Crippen LogP contribution in [0.2, 0.25) is 5.02 Å². The first-order valence-electron chi connectivity index (χ1n) is 10.7. The standard InChI is InChI=1S/C25H21ClN4O4/c26-20-15-21-24(28-23(20)17-5-7-18(8-6-17)30-10-12-33-13-11-30)29-25(27-21)34-19-3-1-2-16(14-19)4-9-22(31)32/h1-9,14-15H,10-13H2,(H,31,32)(H,27,28,29)/b9-4+. The first-order valence-corrected chi connectivity index (χ1v) is 11.1. The van der Waals surface area contributed by atoms with Gasteiger partial charge >= 0.3 is 12.0 Å². The maximum absolute atomic E-state index is 10.7. The summed E-state index contributed by atoms with van der Waals surface area (Å²) in [5.74, 6) is -0.505. The molecule has 2 N–H and O–H groups in total. The number of anilines is 1. The second-order valence-electron chi connectivity index (χ2n) is 7.72. The molecule has 172 valence electrons. The molecule has 3 heterocycles. The van der Waals surface area contributed by atoms with Crippen molar-refractivity contribution in [3.05, 3.63) is 71.3 Å². The summed E-state index contributed by atoms with van der Waals surface area (Å²) in [5, 5.41) is 9.31. The number of rotatable bonds is 6. The summed E-state index contributed by atoms with van der Waals surface area (Å²) in [5.41, 5.74) is 4.50. The van der Waals surface area contributed by atoms with Crippen LogP contribution in [0.4, 0.5) is 5.69 Å². The summed E-state index contributed by atoms with van der Waals surface area (Å²) >= 11 is 6.54. The number of pyridine rings is 1. The van der Waals surface area contributed by atoms with Gasteiger partial charge in [0, 0.05) is 30.4 Å². The minimum Gasteiger partial charge on any atom is -0.478 e. The van der Waals surface area contributed by atoms with Crippen molar-refractivity contribution >= 4 is 40.5 Å². The van der Waals surface area contributed by atoms with E-state index >= 15 is 0 Å². The van der Waals surface area contributed by atoms with Crippen LogP contribution in [0.1, 0.15) is 5.56 Å². The quantitative estimate of drug-likeness (QED) is 0.377. The number of ether oxygens (including phenoxy) is 2. The van der Waals surface area contributed by atoms with Gasteiger partial charge in [-0.05, 0) is 42.0 Å². The lowest BCUT2D eigenvalue weighted by atomic mass is 10.1. The predicted octanol–water partition coefficient (Wildman–Crippen LogP) is 5.01. The molecule has 0 bridgehead atoms. The zero-order valence-electron chi connectivity index (χ0n) is 18.1. The Bertz CT molecular complexity index is 1360. The Kier molecular flexibility index (Phi) is 6.16. The largest absolute Gasteiger partial charge is 0.478 e. The van der Waals surface area contributed by atoms with Crippen LogP contribution in [-0.4, -0.2) is 52.3 Å². The first-order chi connectivity index (χ1) is 16.5. The Morgan fingerprint density at radius 2 is 1.91 bits per heavy atom. The van der Waals surface area contributed by atoms with Crippen LogP contribution >= 0.6 is 11.6 Å². The second-order valence-corrected chi connectivity index (χ2v) is 8.13. The van der Waals surface area contributed by atoms with Crippen molar-refractivity contribution in [3.63, 3.8) is 0 Å². The summed E-state index contributed by atoms with van der Waals surface area (Å²) < 4.78 is 11.3. The van der Waals surface area contributed by atoms with E-state index in [4.69, 9.17) is 26.2 Å². The van der Waals surface area contributed by atoms with E-state index in [-0.39, 0.29) is 6.01 Å². The summed E-state index contributed by atoms with van der Waals surface area (Å²) in [6.45, 7) is 3.22. The molecule has 34 heavy (non-hydrogen) atoms. The molecule has 2 aromatic heterocycles. The Labute approximate surface area is 200 Å². The maximum atomic E-state index is 10.7. The Morgan fingerprint density at radius 3 is 2.68 bits per heavy atom. The molecule has 1 fully saturated rings. The zero-order valence-corrected chi connectivity index (χ0v) is 18.8. The van der Waals surface area contributed by atoms with E-state index in [1.54, 1.807) is 30.3 Å². The van der Waals surface area contributed by atoms with Gasteiger partial charge in [-0.25, -0.2) is 9.78 Å². The normalized spacial score (nSPS) is 14.1. The average Bonchev–Trinajstić information content (AvgIpc) is 3.24. The number of carboxylic acids is 1. The number of fused-ring (bicyclic) bond motifs is 1. The molecule has 0 atom stereocenters. The fourth-order valence-electron chi connectivity index (χ4n) is 3.76. The van der Waals surface area contributed by atoms with Gasteiger partial charge in [0.05, 0.1) is 29.4 Å². The molecule has 0 saturated carbocycles. The first kappa shape index (κ1) is 21.9. The molecular formula is C25H21ClN4O4. The van der Waals surface area contributed by atoms with E-state index in [0.717, 1.165) is 43.6 Å². The number of hydrogen-bond donors (Lipinski definition) is 2. The molecule has 4 aromatic rings. The average molecular weight is 477 g/mol. The van der Waals surface area contributed by atoms with Gasteiger partial charge < -0.3 is 24.5 Å². The number of halogens is 1. The number of aromatic nitrogens is 3. The number of H-pyrrole nitrogens is 1. The van der Waals surface area contributed by atoms with E-state index < -0.39 is 5.97 Å². The summed E-state index contributed by atoms with van der Waals surface area (Å²) in [6.07, 6.45) is 2.56. The highest BCUT2D eigenvalue weighted by atomic mass is 35.5. The van der Waals surface area contributed by atoms with E-state index in [1.807, 2.05) is 12.1 Å². The maximum Gasteiger partial charge on any atom is 0.328 e. The van der Waals surface area contributed by atoms with E-state index in [2.05, 4.69) is 32.0 Å². The number of benzene rings is 2. The third kappa shape index (κ3) is 4.88. The van der Waals surface area contributed by atoms with E-state index in [0.29, 0.717) is 33.2 Å². The molecule has 0 radical (unpaired) electrons. The van der Waals surface area contributed by atoms with Crippen LogP contribution in [0.15, 0.2) is 60.7 Å². The van der Waals surface area contributed by atoms with Crippen molar-refractivity contribution in [2.75, 3.05) is 31.2 Å². The number of morpholine rings is 1. The number of aromatic amines is 1. The summed E-state index contributed by atoms with van der Waals surface area (Å²) in [4.78, 5) is 25.2. The highest BCUT2D eigenvalue weighted by molar-refractivity contribution is 6.33. The second kappa shape index (κ2) is 9.54. The monoisotopic (exact) mass is 476 g/mol. The number of hydrogen-bond acceptors (Lipinski definition) is 6. The van der Waals surface area contributed by atoms with Gasteiger partial charge in [-0.2, -0.15) is 4.98 Å². The molecule has 1 saturated heterocycles. The SMILES string of the molecule is O=C(O)/C=C/c1cccc(Oc2nc3nc(-c4ccc(N5CCOCC5)cc4)c(Cl)cc3[nH]2)c1. The number of imidazole rings is 1. The lowest BCUT2D eigenvalue weighted by Gasteiger charge is -2.28. The van der Waals surface area contributed by atoms with E-state index in [1.165, 1.54) is 6.08 Å². The Hall–Kier alpha value is -3.88. The van der Waals surface area contributed by atoms with Crippen molar-refractivity contribution < 1.29 is 19.4 Å². The molecule has 0 aliphatic carbocycles. The molecule has 0 spiro atoms. The van der Waals surface area contributed by atoms with Gasteiger partial charge in [-0.3, -0.25) is 0 Å². The van der Waals surface area contributed by atoms with Crippen molar-refractivity contribution in [1.82, 2.24) is 15.0 Å². The minimum absolute atomic E-state index is 0.262. The highest BCUT2D eigenvalue weighted by Crippen LogP contribution is 2.31. The van der Waals surface area contributed by atoms with Crippen molar-refractivity contribution in [2.24, 2.45) is 0 Å². The van der Waals surface area contributed by atoms with Gasteiger partial charge in [-0.15, -0.1) is 0 Å². The van der Waals surface area contributed by atoms with E-state index in [9.17, 15) is 4.79 Å². The Morgan fingerprint density at radius 1 is 1.12 bits per heavy atom. The number of carboxylic acid groups (broad SMARTS) is 1. The molecule has 0 unspecified atom stereocenters. The van der Waals surface area contributed by atoms with Gasteiger partial charge in [0.25, 0.3) is 0 Å². The summed E-state index contributed by atoms with van der Waals surface area (Å²) in [7, 11) is 0. The molecule has 2 aromatic carbocycles.